The van der Waals surface area contributed by atoms with Crippen molar-refractivity contribution in [2.75, 3.05) is 6.54 Å². The fourth-order valence-corrected chi connectivity index (χ4v) is 3.93. The minimum absolute atomic E-state index is 0.149. The SMILES string of the molecule is Cc1c(Cl)cc(C(=O)N2CCc3c([nH]c4ccc(Cl)cc34)C2)cc1[N+](=O)[O-]. The van der Waals surface area contributed by atoms with Crippen LogP contribution in [0, 0.1) is 17.0 Å². The third-order valence-electron chi connectivity index (χ3n) is 4.99. The maximum atomic E-state index is 12.9. The van der Waals surface area contributed by atoms with Gasteiger partial charge in [0, 0.05) is 45.4 Å². The van der Waals surface area contributed by atoms with Crippen LogP contribution in [0.3, 0.4) is 0 Å². The summed E-state index contributed by atoms with van der Waals surface area (Å²) in [6.07, 6.45) is 0.684. The number of nitro groups is 1. The van der Waals surface area contributed by atoms with Gasteiger partial charge < -0.3 is 9.88 Å². The maximum Gasteiger partial charge on any atom is 0.274 e. The van der Waals surface area contributed by atoms with Gasteiger partial charge in [-0.2, -0.15) is 0 Å². The molecular formula is C19H15Cl2N3O3. The molecule has 3 aromatic rings. The Morgan fingerprint density at radius 3 is 2.78 bits per heavy atom. The van der Waals surface area contributed by atoms with Gasteiger partial charge in [-0.1, -0.05) is 23.2 Å². The van der Waals surface area contributed by atoms with Crippen molar-refractivity contribution >= 4 is 45.7 Å². The van der Waals surface area contributed by atoms with Crippen molar-refractivity contribution in [1.29, 1.82) is 0 Å². The van der Waals surface area contributed by atoms with Crippen molar-refractivity contribution < 1.29 is 9.72 Å². The number of hydrogen-bond acceptors (Lipinski definition) is 3. The number of nitrogens with zero attached hydrogens (tertiary/aromatic N) is 2. The van der Waals surface area contributed by atoms with Gasteiger partial charge in [-0.3, -0.25) is 14.9 Å². The van der Waals surface area contributed by atoms with E-state index in [0.717, 1.165) is 22.2 Å². The van der Waals surface area contributed by atoms with E-state index in [0.29, 0.717) is 30.1 Å². The molecule has 1 amide bonds. The Morgan fingerprint density at radius 1 is 1.26 bits per heavy atom. The zero-order valence-corrected chi connectivity index (χ0v) is 15.9. The van der Waals surface area contributed by atoms with Crippen LogP contribution in [0.1, 0.15) is 27.2 Å². The number of benzene rings is 2. The monoisotopic (exact) mass is 403 g/mol. The van der Waals surface area contributed by atoms with Crippen LogP contribution < -0.4 is 0 Å². The van der Waals surface area contributed by atoms with E-state index in [9.17, 15) is 14.9 Å². The summed E-state index contributed by atoms with van der Waals surface area (Å²) in [5.41, 5.74) is 3.52. The van der Waals surface area contributed by atoms with Crippen LogP contribution in [0.4, 0.5) is 5.69 Å². The molecule has 27 heavy (non-hydrogen) atoms. The van der Waals surface area contributed by atoms with Gasteiger partial charge in [0.15, 0.2) is 0 Å². The normalized spacial score (nSPS) is 13.7. The molecule has 0 spiro atoms. The minimum atomic E-state index is -0.520. The van der Waals surface area contributed by atoms with E-state index < -0.39 is 4.92 Å². The van der Waals surface area contributed by atoms with Crippen LogP contribution in [-0.4, -0.2) is 27.3 Å². The second-order valence-electron chi connectivity index (χ2n) is 6.61. The van der Waals surface area contributed by atoms with Gasteiger partial charge >= 0.3 is 0 Å². The Labute approximate surface area is 164 Å². The number of nitrogens with one attached hydrogen (secondary N) is 1. The van der Waals surface area contributed by atoms with Crippen molar-refractivity contribution in [3.05, 3.63) is 72.9 Å². The summed E-state index contributed by atoms with van der Waals surface area (Å²) >= 11 is 12.2. The van der Waals surface area contributed by atoms with E-state index in [-0.39, 0.29) is 22.2 Å². The molecule has 0 radical (unpaired) electrons. The van der Waals surface area contributed by atoms with Crippen molar-refractivity contribution in [3.8, 4) is 0 Å². The number of halogens is 2. The number of H-pyrrole nitrogens is 1. The number of fused-ring (bicyclic) bond motifs is 3. The van der Waals surface area contributed by atoms with Gasteiger partial charge in [-0.15, -0.1) is 0 Å². The van der Waals surface area contributed by atoms with Gasteiger partial charge in [0.05, 0.1) is 16.5 Å². The highest BCUT2D eigenvalue weighted by molar-refractivity contribution is 6.32. The fourth-order valence-electron chi connectivity index (χ4n) is 3.55. The standard InChI is InChI=1S/C19H15Cl2N3O3/c1-10-15(21)6-11(7-18(10)24(26)27)19(25)23-5-4-13-14-8-12(20)2-3-16(14)22-17(13)9-23/h2-3,6-8,22H,4-5,9H2,1H3. The number of nitro benzene ring substituents is 1. The zero-order valence-electron chi connectivity index (χ0n) is 14.4. The highest BCUT2D eigenvalue weighted by atomic mass is 35.5. The van der Waals surface area contributed by atoms with E-state index in [1.165, 1.54) is 12.1 Å². The van der Waals surface area contributed by atoms with E-state index in [1.54, 1.807) is 11.8 Å². The second-order valence-corrected chi connectivity index (χ2v) is 7.45. The lowest BCUT2D eigenvalue weighted by atomic mass is 10.0. The topological polar surface area (TPSA) is 79.2 Å². The second kappa shape index (κ2) is 6.55. The van der Waals surface area contributed by atoms with Gasteiger partial charge in [0.25, 0.3) is 11.6 Å². The Morgan fingerprint density at radius 2 is 2.04 bits per heavy atom. The van der Waals surface area contributed by atoms with Crippen LogP contribution in [0.25, 0.3) is 10.9 Å². The number of amides is 1. The van der Waals surface area contributed by atoms with E-state index in [1.807, 2.05) is 18.2 Å². The van der Waals surface area contributed by atoms with Crippen LogP contribution in [0.15, 0.2) is 30.3 Å². The Kier molecular flexibility index (Phi) is 4.32. The number of carbonyl (C=O) groups is 1. The number of hydrogen-bond donors (Lipinski definition) is 1. The molecule has 1 aliphatic rings. The smallest absolute Gasteiger partial charge is 0.274 e. The first-order valence-electron chi connectivity index (χ1n) is 8.38. The zero-order chi connectivity index (χ0) is 19.3. The predicted molar refractivity (Wildman–Crippen MR) is 105 cm³/mol. The quantitative estimate of drug-likeness (QED) is 0.488. The summed E-state index contributed by atoms with van der Waals surface area (Å²) < 4.78 is 0. The molecule has 0 atom stereocenters. The minimum Gasteiger partial charge on any atom is -0.357 e. The average molecular weight is 404 g/mol. The van der Waals surface area contributed by atoms with E-state index in [4.69, 9.17) is 23.2 Å². The molecular weight excluding hydrogens is 389 g/mol. The molecule has 0 aliphatic carbocycles. The van der Waals surface area contributed by atoms with Gasteiger partial charge in [0.1, 0.15) is 0 Å². The molecule has 0 saturated carbocycles. The number of carbonyl (C=O) groups excluding carboxylic acids is 1. The first-order chi connectivity index (χ1) is 12.8. The summed E-state index contributed by atoms with van der Waals surface area (Å²) in [4.78, 5) is 28.6. The molecule has 2 aromatic carbocycles. The summed E-state index contributed by atoms with van der Waals surface area (Å²) in [6, 6.07) is 8.46. The van der Waals surface area contributed by atoms with Gasteiger partial charge in [0.2, 0.25) is 0 Å². The molecule has 138 valence electrons. The summed E-state index contributed by atoms with van der Waals surface area (Å²) in [5.74, 6) is -0.276. The number of aromatic amines is 1. The highest BCUT2D eigenvalue weighted by Gasteiger charge is 2.27. The van der Waals surface area contributed by atoms with Crippen molar-refractivity contribution in [1.82, 2.24) is 9.88 Å². The molecule has 1 aromatic heterocycles. The Hall–Kier alpha value is -2.57. The average Bonchev–Trinajstić information content (AvgIpc) is 2.99. The largest absolute Gasteiger partial charge is 0.357 e. The van der Waals surface area contributed by atoms with E-state index in [2.05, 4.69) is 4.98 Å². The first-order valence-corrected chi connectivity index (χ1v) is 9.13. The van der Waals surface area contributed by atoms with E-state index >= 15 is 0 Å². The lowest BCUT2D eigenvalue weighted by Gasteiger charge is -2.27. The molecule has 6 nitrogen and oxygen atoms in total. The predicted octanol–water partition coefficient (Wildman–Crippen LogP) is 4.89. The fraction of sp³-hybridized carbons (Fsp3) is 0.211. The Balaban J connectivity index is 1.67. The third kappa shape index (κ3) is 3.05. The van der Waals surface area contributed by atoms with Gasteiger partial charge in [-0.25, -0.2) is 0 Å². The molecule has 4 rings (SSSR count). The molecule has 0 unspecified atom stereocenters. The molecule has 2 heterocycles. The van der Waals surface area contributed by atoms with Crippen molar-refractivity contribution in [2.24, 2.45) is 0 Å². The Bertz CT molecular complexity index is 1110. The van der Waals surface area contributed by atoms with Crippen molar-refractivity contribution in [2.45, 2.75) is 19.9 Å². The molecule has 8 heteroatoms. The first kappa shape index (κ1) is 17.8. The van der Waals surface area contributed by atoms with Crippen LogP contribution in [0.2, 0.25) is 10.0 Å². The van der Waals surface area contributed by atoms with Crippen molar-refractivity contribution in [3.63, 3.8) is 0 Å². The van der Waals surface area contributed by atoms with Crippen LogP contribution >= 0.6 is 23.2 Å². The lowest BCUT2D eigenvalue weighted by molar-refractivity contribution is -0.385. The highest BCUT2D eigenvalue weighted by Crippen LogP contribution is 2.32. The van der Waals surface area contributed by atoms with Crippen LogP contribution in [-0.2, 0) is 13.0 Å². The summed E-state index contributed by atoms with van der Waals surface area (Å²) in [6.45, 7) is 2.49. The maximum absolute atomic E-state index is 12.9. The summed E-state index contributed by atoms with van der Waals surface area (Å²) in [5, 5.41) is 13.2. The van der Waals surface area contributed by atoms with Crippen LogP contribution in [0.5, 0.6) is 0 Å². The lowest BCUT2D eigenvalue weighted by Crippen LogP contribution is -2.35. The molecule has 1 aliphatic heterocycles. The molecule has 0 saturated heterocycles. The third-order valence-corrected chi connectivity index (χ3v) is 5.61. The number of rotatable bonds is 2. The van der Waals surface area contributed by atoms with Gasteiger partial charge in [-0.05, 0) is 43.2 Å². The molecule has 0 bridgehead atoms. The summed E-state index contributed by atoms with van der Waals surface area (Å²) in [7, 11) is 0. The molecule has 1 N–H and O–H groups in total. The molecule has 0 fully saturated rings. The number of aromatic nitrogens is 1.